The minimum absolute atomic E-state index is 0.0210. The molecule has 2 heterocycles. The number of benzene rings is 4. The zero-order chi connectivity index (χ0) is 36.3. The lowest BCUT2D eigenvalue weighted by Gasteiger charge is -2.27. The van der Waals surface area contributed by atoms with E-state index in [4.69, 9.17) is 9.84 Å². The Bertz CT molecular complexity index is 1910. The maximum Gasteiger partial charge on any atom is 0.169 e. The van der Waals surface area contributed by atoms with E-state index in [0.717, 1.165) is 53.6 Å². The van der Waals surface area contributed by atoms with E-state index in [1.54, 1.807) is 7.11 Å². The number of aryl methyl sites for hydroxylation is 1. The first-order valence-electron chi connectivity index (χ1n) is 18.4. The first kappa shape index (κ1) is 36.3. The van der Waals surface area contributed by atoms with Crippen LogP contribution in [0.15, 0.2) is 138 Å². The highest BCUT2D eigenvalue weighted by atomic mass is 16.5. The summed E-state index contributed by atoms with van der Waals surface area (Å²) in [6.45, 7) is 6.84. The molecule has 0 bridgehead atoms. The van der Waals surface area contributed by atoms with Crippen LogP contribution in [0.25, 0.3) is 0 Å². The zero-order valence-electron chi connectivity index (χ0n) is 31.2. The number of anilines is 4. The Morgan fingerprint density at radius 2 is 1.35 bits per heavy atom. The van der Waals surface area contributed by atoms with Gasteiger partial charge in [-0.25, -0.2) is 4.57 Å². The Morgan fingerprint density at radius 1 is 0.731 bits per heavy atom. The highest BCUT2D eigenvalue weighted by Gasteiger charge is 2.48. The van der Waals surface area contributed by atoms with Crippen LogP contribution in [-0.4, -0.2) is 46.2 Å². The molecule has 0 radical (unpaired) electrons. The van der Waals surface area contributed by atoms with Gasteiger partial charge in [-0.15, -0.1) is 0 Å². The molecule has 0 saturated heterocycles. The number of methoxy groups -OCH3 is 1. The minimum atomic E-state index is -0.0210. The van der Waals surface area contributed by atoms with Crippen LogP contribution in [0, 0.1) is 0 Å². The Morgan fingerprint density at radius 3 is 2.06 bits per heavy atom. The lowest BCUT2D eigenvalue weighted by Crippen LogP contribution is -3.11. The van der Waals surface area contributed by atoms with E-state index in [9.17, 15) is 0 Å². The van der Waals surface area contributed by atoms with Crippen molar-refractivity contribution in [2.45, 2.75) is 57.5 Å². The van der Waals surface area contributed by atoms with Crippen molar-refractivity contribution in [1.82, 2.24) is 0 Å². The molecule has 0 aliphatic carbocycles. The first-order valence-corrected chi connectivity index (χ1v) is 18.4. The van der Waals surface area contributed by atoms with Gasteiger partial charge in [-0.3, -0.25) is 14.9 Å². The SMILES string of the molecule is COc1ccc(Nc2ccc(N(C)/N=C/C3[NH+](CCCCCC[n+]4ccc(/C=N/N(C)c5ccccc5)cc4)c4ccccc4C3(C)C)cc2)cc1. The van der Waals surface area contributed by atoms with Gasteiger partial charge in [0.15, 0.2) is 12.4 Å². The monoisotopic (exact) mass is 695 g/mol. The number of nitrogens with zero attached hydrogens (tertiary/aromatic N) is 5. The number of ether oxygens (including phenoxy) is 1. The third-order valence-electron chi connectivity index (χ3n) is 10.2. The number of fused-ring (bicyclic) bond motifs is 1. The van der Waals surface area contributed by atoms with Crippen LogP contribution < -0.4 is 29.5 Å². The van der Waals surface area contributed by atoms with Gasteiger partial charge in [-0.2, -0.15) is 10.2 Å². The highest BCUT2D eigenvalue weighted by molar-refractivity contribution is 5.79. The first-order chi connectivity index (χ1) is 25.3. The molecule has 8 heteroatoms. The number of rotatable bonds is 16. The number of para-hydroxylation sites is 2. The predicted molar refractivity (Wildman–Crippen MR) is 216 cm³/mol. The van der Waals surface area contributed by atoms with E-state index in [2.05, 4.69) is 120 Å². The number of hydrazone groups is 2. The van der Waals surface area contributed by atoms with Crippen molar-refractivity contribution < 1.29 is 14.2 Å². The fourth-order valence-corrected chi connectivity index (χ4v) is 7.03. The number of pyridine rings is 1. The lowest BCUT2D eigenvalue weighted by molar-refractivity contribution is -0.845. The molecule has 0 saturated carbocycles. The topological polar surface area (TPSA) is 60.8 Å². The van der Waals surface area contributed by atoms with Gasteiger partial charge in [0.05, 0.1) is 42.9 Å². The number of nitrogens with one attached hydrogen (secondary N) is 2. The summed E-state index contributed by atoms with van der Waals surface area (Å²) >= 11 is 0. The minimum Gasteiger partial charge on any atom is -0.497 e. The Kier molecular flexibility index (Phi) is 12.0. The summed E-state index contributed by atoms with van der Waals surface area (Å²) in [4.78, 5) is 1.52. The second-order valence-electron chi connectivity index (χ2n) is 14.1. The smallest absolute Gasteiger partial charge is 0.169 e. The van der Waals surface area contributed by atoms with E-state index < -0.39 is 0 Å². The van der Waals surface area contributed by atoms with Gasteiger partial charge in [0.1, 0.15) is 24.0 Å². The summed E-state index contributed by atoms with van der Waals surface area (Å²) in [5, 5.41) is 16.9. The largest absolute Gasteiger partial charge is 0.497 e. The van der Waals surface area contributed by atoms with Crippen LogP contribution in [0.2, 0.25) is 0 Å². The van der Waals surface area contributed by atoms with E-state index in [1.807, 2.05) is 72.8 Å². The van der Waals surface area contributed by atoms with Crippen molar-refractivity contribution in [3.8, 4) is 5.75 Å². The van der Waals surface area contributed by atoms with E-state index >= 15 is 0 Å². The zero-order valence-corrected chi connectivity index (χ0v) is 31.2. The van der Waals surface area contributed by atoms with Crippen molar-refractivity contribution >= 4 is 40.9 Å². The molecule has 5 aromatic rings. The van der Waals surface area contributed by atoms with Gasteiger partial charge in [-0.1, -0.05) is 36.4 Å². The number of aromatic nitrogens is 1. The Balaban J connectivity index is 0.994. The van der Waals surface area contributed by atoms with E-state index in [0.29, 0.717) is 0 Å². The summed E-state index contributed by atoms with van der Waals surface area (Å²) in [6, 6.07) is 40.0. The van der Waals surface area contributed by atoms with Gasteiger partial charge in [0.25, 0.3) is 0 Å². The molecule has 6 rings (SSSR count). The number of quaternary nitrogens is 1. The standard InChI is InChI=1S/C44H52N7O/c1-44(2)41-17-11-12-18-42(41)51(43(44)34-46-49(4)39-23-19-36(20-24-39)47-37-21-25-40(52-5)26-22-37)30-14-7-6-13-29-50-31-27-35(28-32-50)33-45-48(3)38-15-9-8-10-16-38/h8-12,15-28,31-34,43,47H,6-7,13-14,29-30H2,1-5H3/q+1/p+1/b46-34+. The van der Waals surface area contributed by atoms with Crippen molar-refractivity contribution in [2.24, 2.45) is 10.2 Å². The molecule has 268 valence electrons. The quantitative estimate of drug-likeness (QED) is 0.0480. The number of hydrogen-bond acceptors (Lipinski definition) is 6. The fraction of sp³-hybridized carbons (Fsp3) is 0.295. The van der Waals surface area contributed by atoms with Crippen molar-refractivity contribution in [1.29, 1.82) is 0 Å². The molecule has 0 spiro atoms. The molecule has 1 aliphatic rings. The summed E-state index contributed by atoms with van der Waals surface area (Å²) < 4.78 is 7.55. The molecule has 1 aromatic heterocycles. The maximum atomic E-state index is 5.27. The summed E-state index contributed by atoms with van der Waals surface area (Å²) in [7, 11) is 5.68. The molecule has 2 atom stereocenters. The molecular formula is C44H53N7O+2. The van der Waals surface area contributed by atoms with Gasteiger partial charge >= 0.3 is 0 Å². The molecule has 0 fully saturated rings. The van der Waals surface area contributed by atoms with Gasteiger partial charge in [0.2, 0.25) is 0 Å². The van der Waals surface area contributed by atoms with E-state index in [-0.39, 0.29) is 11.5 Å². The van der Waals surface area contributed by atoms with Gasteiger partial charge in [0, 0.05) is 55.2 Å². The Hall–Kier alpha value is -5.47. The molecule has 8 nitrogen and oxygen atoms in total. The normalized spacial score (nSPS) is 16.2. The molecule has 0 amide bonds. The van der Waals surface area contributed by atoms with Gasteiger partial charge < -0.3 is 10.1 Å². The number of hydrogen-bond donors (Lipinski definition) is 2. The molecule has 4 aromatic carbocycles. The van der Waals surface area contributed by atoms with Crippen molar-refractivity contribution in [3.63, 3.8) is 0 Å². The van der Waals surface area contributed by atoms with Gasteiger partial charge in [-0.05, 0) is 99.8 Å². The Labute approximate surface area is 309 Å². The third kappa shape index (κ3) is 9.06. The van der Waals surface area contributed by atoms with E-state index in [1.165, 1.54) is 35.4 Å². The second-order valence-corrected chi connectivity index (χ2v) is 14.1. The summed E-state index contributed by atoms with van der Waals surface area (Å²) in [6.07, 6.45) is 13.2. The second kappa shape index (κ2) is 17.2. The average molecular weight is 696 g/mol. The van der Waals surface area contributed by atoms with Crippen LogP contribution in [0.4, 0.5) is 28.4 Å². The van der Waals surface area contributed by atoms with Crippen molar-refractivity contribution in [2.75, 3.05) is 43.1 Å². The molecule has 1 aliphatic heterocycles. The summed E-state index contributed by atoms with van der Waals surface area (Å²) in [5.41, 5.74) is 8.07. The summed E-state index contributed by atoms with van der Waals surface area (Å²) in [5.74, 6) is 0.845. The van der Waals surface area contributed by atoms with Crippen LogP contribution >= 0.6 is 0 Å². The molecule has 2 unspecified atom stereocenters. The average Bonchev–Trinajstić information content (AvgIpc) is 3.40. The lowest BCUT2D eigenvalue weighted by atomic mass is 9.81. The van der Waals surface area contributed by atoms with Crippen LogP contribution in [0.3, 0.4) is 0 Å². The van der Waals surface area contributed by atoms with Crippen molar-refractivity contribution in [3.05, 3.63) is 139 Å². The molecular weight excluding hydrogens is 643 g/mol. The van der Waals surface area contributed by atoms with Crippen LogP contribution in [0.5, 0.6) is 5.75 Å². The number of unbranched alkanes of at least 4 members (excludes halogenated alkanes) is 3. The third-order valence-corrected chi connectivity index (χ3v) is 10.2. The molecule has 52 heavy (non-hydrogen) atoms. The fourth-order valence-electron chi connectivity index (χ4n) is 7.03. The van der Waals surface area contributed by atoms with Crippen LogP contribution in [0.1, 0.15) is 50.7 Å². The molecule has 2 N–H and O–H groups in total. The predicted octanol–water partition coefficient (Wildman–Crippen LogP) is 7.76. The van der Waals surface area contributed by atoms with Crippen LogP contribution in [-0.2, 0) is 12.0 Å². The maximum absolute atomic E-state index is 5.27. The highest BCUT2D eigenvalue weighted by Crippen LogP contribution is 2.35.